The average Bonchev–Trinajstić information content (AvgIpc) is 3.09. The Morgan fingerprint density at radius 1 is 1.50 bits per heavy atom. The summed E-state index contributed by atoms with van der Waals surface area (Å²) >= 11 is 2.03. The van der Waals surface area contributed by atoms with Crippen LogP contribution in [0, 0.1) is 0 Å². The highest BCUT2D eigenvalue weighted by atomic mass is 32.2. The van der Waals surface area contributed by atoms with E-state index in [1.54, 1.807) is 4.68 Å². The Balaban J connectivity index is 1.88. The molecule has 1 atom stereocenters. The molecule has 1 aliphatic heterocycles. The lowest BCUT2D eigenvalue weighted by atomic mass is 10.2. The molecular weight excluding hydrogens is 272 g/mol. The number of hydrogen-bond acceptors (Lipinski definition) is 6. The molecule has 1 unspecified atom stereocenters. The van der Waals surface area contributed by atoms with Crippen molar-refractivity contribution < 1.29 is 0 Å². The van der Waals surface area contributed by atoms with Gasteiger partial charge < -0.3 is 5.32 Å². The zero-order valence-corrected chi connectivity index (χ0v) is 12.9. The third-order valence-electron chi connectivity index (χ3n) is 3.80. The molecule has 1 N–H and O–H groups in total. The molecule has 0 amide bonds. The van der Waals surface area contributed by atoms with Gasteiger partial charge in [0.05, 0.1) is 18.1 Å². The van der Waals surface area contributed by atoms with Crippen molar-refractivity contribution in [2.45, 2.75) is 19.0 Å². The first kappa shape index (κ1) is 13.6. The maximum absolute atomic E-state index is 4.66. The fourth-order valence-electron chi connectivity index (χ4n) is 2.55. The number of fused-ring (bicyclic) bond motifs is 1. The molecular formula is C13H20N6S. The van der Waals surface area contributed by atoms with E-state index in [0.29, 0.717) is 6.04 Å². The molecule has 3 heterocycles. The Bertz CT molecular complexity index is 604. The quantitative estimate of drug-likeness (QED) is 0.918. The van der Waals surface area contributed by atoms with Crippen molar-refractivity contribution in [3.05, 3.63) is 12.0 Å². The van der Waals surface area contributed by atoms with Gasteiger partial charge in [-0.3, -0.25) is 9.58 Å². The molecule has 0 bridgehead atoms. The lowest BCUT2D eigenvalue weighted by Crippen LogP contribution is -2.31. The number of thioether (sulfide) groups is 1. The number of nitrogens with one attached hydrogen (secondary N) is 1. The van der Waals surface area contributed by atoms with Crippen molar-refractivity contribution in [2.75, 3.05) is 30.9 Å². The SMILES string of the molecule is CNc1nc(CN(C)C2CCSC2)nc2c1cnn2C. The first-order valence-corrected chi connectivity index (χ1v) is 7.99. The van der Waals surface area contributed by atoms with Gasteiger partial charge in [-0.1, -0.05) is 0 Å². The van der Waals surface area contributed by atoms with E-state index in [1.165, 1.54) is 17.9 Å². The minimum absolute atomic E-state index is 0.642. The molecule has 2 aromatic rings. The van der Waals surface area contributed by atoms with Crippen molar-refractivity contribution in [3.8, 4) is 0 Å². The molecule has 1 saturated heterocycles. The van der Waals surface area contributed by atoms with Crippen LogP contribution in [0.15, 0.2) is 6.20 Å². The fraction of sp³-hybridized carbons (Fsp3) is 0.615. The summed E-state index contributed by atoms with van der Waals surface area (Å²) in [6.45, 7) is 0.779. The minimum atomic E-state index is 0.642. The van der Waals surface area contributed by atoms with Crippen molar-refractivity contribution in [1.29, 1.82) is 0 Å². The predicted octanol–water partition coefficient (Wildman–Crippen LogP) is 1.34. The van der Waals surface area contributed by atoms with Gasteiger partial charge >= 0.3 is 0 Å². The Hall–Kier alpha value is -1.34. The number of hydrogen-bond donors (Lipinski definition) is 1. The van der Waals surface area contributed by atoms with Gasteiger partial charge in [0, 0.05) is 25.9 Å². The summed E-state index contributed by atoms with van der Waals surface area (Å²) in [6, 6.07) is 0.642. The maximum Gasteiger partial charge on any atom is 0.163 e. The Morgan fingerprint density at radius 3 is 3.05 bits per heavy atom. The van der Waals surface area contributed by atoms with Crippen molar-refractivity contribution in [2.24, 2.45) is 7.05 Å². The van der Waals surface area contributed by atoms with E-state index in [1.807, 2.05) is 32.1 Å². The lowest BCUT2D eigenvalue weighted by molar-refractivity contribution is 0.248. The summed E-state index contributed by atoms with van der Waals surface area (Å²) in [4.78, 5) is 11.6. The average molecular weight is 292 g/mol. The van der Waals surface area contributed by atoms with Gasteiger partial charge in [0.15, 0.2) is 5.65 Å². The summed E-state index contributed by atoms with van der Waals surface area (Å²) in [5.74, 6) is 4.18. The summed E-state index contributed by atoms with van der Waals surface area (Å²) in [7, 11) is 5.96. The summed E-state index contributed by atoms with van der Waals surface area (Å²) in [5.41, 5.74) is 0.883. The molecule has 3 rings (SSSR count). The van der Waals surface area contributed by atoms with Crippen LogP contribution in [0.25, 0.3) is 11.0 Å². The van der Waals surface area contributed by atoms with Crippen LogP contribution in [-0.4, -0.2) is 56.3 Å². The third-order valence-corrected chi connectivity index (χ3v) is 4.94. The van der Waals surface area contributed by atoms with Crippen molar-refractivity contribution in [3.63, 3.8) is 0 Å². The van der Waals surface area contributed by atoms with Gasteiger partial charge in [0.25, 0.3) is 0 Å². The van der Waals surface area contributed by atoms with E-state index < -0.39 is 0 Å². The van der Waals surface area contributed by atoms with E-state index in [9.17, 15) is 0 Å². The number of rotatable bonds is 4. The number of anilines is 1. The molecule has 2 aromatic heterocycles. The van der Waals surface area contributed by atoms with Gasteiger partial charge in [0.2, 0.25) is 0 Å². The van der Waals surface area contributed by atoms with Crippen LogP contribution in [0.2, 0.25) is 0 Å². The normalized spacial score (nSPS) is 19.1. The minimum Gasteiger partial charge on any atom is -0.372 e. The number of nitrogens with zero attached hydrogens (tertiary/aromatic N) is 5. The van der Waals surface area contributed by atoms with Gasteiger partial charge in [-0.25, -0.2) is 9.97 Å². The van der Waals surface area contributed by atoms with E-state index >= 15 is 0 Å². The summed E-state index contributed by atoms with van der Waals surface area (Å²) in [6.07, 6.45) is 3.07. The zero-order chi connectivity index (χ0) is 14.1. The molecule has 0 aromatic carbocycles. The van der Waals surface area contributed by atoms with Crippen molar-refractivity contribution >= 4 is 28.6 Å². The van der Waals surface area contributed by atoms with Crippen LogP contribution in [0.4, 0.5) is 5.82 Å². The van der Waals surface area contributed by atoms with Crippen LogP contribution in [0.1, 0.15) is 12.2 Å². The Labute approximate surface area is 123 Å². The molecule has 0 aliphatic carbocycles. The first-order chi connectivity index (χ1) is 9.69. The summed E-state index contributed by atoms with van der Waals surface area (Å²) in [5, 5.41) is 8.37. The number of aromatic nitrogens is 4. The Morgan fingerprint density at radius 2 is 2.35 bits per heavy atom. The zero-order valence-electron chi connectivity index (χ0n) is 12.1. The third kappa shape index (κ3) is 2.47. The molecule has 108 valence electrons. The van der Waals surface area contributed by atoms with E-state index in [0.717, 1.165) is 29.2 Å². The highest BCUT2D eigenvalue weighted by molar-refractivity contribution is 7.99. The van der Waals surface area contributed by atoms with Crippen LogP contribution >= 0.6 is 11.8 Å². The second kappa shape index (κ2) is 5.57. The summed E-state index contributed by atoms with van der Waals surface area (Å²) < 4.78 is 1.80. The van der Waals surface area contributed by atoms with E-state index in [-0.39, 0.29) is 0 Å². The molecule has 0 radical (unpaired) electrons. The molecule has 7 heteroatoms. The Kier molecular flexibility index (Phi) is 3.80. The largest absolute Gasteiger partial charge is 0.372 e. The predicted molar refractivity (Wildman–Crippen MR) is 83.0 cm³/mol. The van der Waals surface area contributed by atoms with Crippen LogP contribution in [0.3, 0.4) is 0 Å². The molecule has 1 aliphatic rings. The first-order valence-electron chi connectivity index (χ1n) is 6.83. The van der Waals surface area contributed by atoms with Gasteiger partial charge in [0.1, 0.15) is 11.6 Å². The van der Waals surface area contributed by atoms with E-state index in [4.69, 9.17) is 0 Å². The lowest BCUT2D eigenvalue weighted by Gasteiger charge is -2.22. The highest BCUT2D eigenvalue weighted by Crippen LogP contribution is 2.23. The van der Waals surface area contributed by atoms with Gasteiger partial charge in [-0.2, -0.15) is 16.9 Å². The smallest absolute Gasteiger partial charge is 0.163 e. The fourth-order valence-corrected chi connectivity index (χ4v) is 3.85. The molecule has 1 fully saturated rings. The highest BCUT2D eigenvalue weighted by Gasteiger charge is 2.21. The monoisotopic (exact) mass is 292 g/mol. The van der Waals surface area contributed by atoms with Crippen LogP contribution in [0.5, 0.6) is 0 Å². The van der Waals surface area contributed by atoms with Crippen LogP contribution in [-0.2, 0) is 13.6 Å². The molecule has 0 saturated carbocycles. The number of aryl methyl sites for hydroxylation is 1. The maximum atomic E-state index is 4.66. The standard InChI is InChI=1S/C13H20N6S/c1-14-12-10-6-15-19(3)13(10)17-11(16-12)7-18(2)9-4-5-20-8-9/h6,9H,4-5,7-8H2,1-3H3,(H,14,16,17). The topological polar surface area (TPSA) is 58.9 Å². The van der Waals surface area contributed by atoms with Gasteiger partial charge in [-0.15, -0.1) is 0 Å². The molecule has 6 nitrogen and oxygen atoms in total. The van der Waals surface area contributed by atoms with E-state index in [2.05, 4.69) is 32.3 Å². The second-order valence-electron chi connectivity index (χ2n) is 5.18. The molecule has 0 spiro atoms. The second-order valence-corrected chi connectivity index (χ2v) is 6.33. The van der Waals surface area contributed by atoms with Gasteiger partial charge in [-0.05, 0) is 19.2 Å². The molecule has 20 heavy (non-hydrogen) atoms. The van der Waals surface area contributed by atoms with Crippen LogP contribution < -0.4 is 5.32 Å². The van der Waals surface area contributed by atoms with Crippen molar-refractivity contribution in [1.82, 2.24) is 24.6 Å².